The molecule has 1 amide bonds. The van der Waals surface area contributed by atoms with Crippen molar-refractivity contribution in [3.63, 3.8) is 0 Å². The highest BCUT2D eigenvalue weighted by Gasteiger charge is 2.24. The molecule has 0 spiro atoms. The van der Waals surface area contributed by atoms with Crippen LogP contribution in [0.1, 0.15) is 61.9 Å². The molecule has 0 radical (unpaired) electrons. The number of para-hydroxylation sites is 1. The zero-order chi connectivity index (χ0) is 23.3. The minimum atomic E-state index is -3.63. The predicted molar refractivity (Wildman–Crippen MR) is 126 cm³/mol. The van der Waals surface area contributed by atoms with Gasteiger partial charge in [0.15, 0.2) is 0 Å². The van der Waals surface area contributed by atoms with Crippen LogP contribution in [-0.4, -0.2) is 34.2 Å². The Morgan fingerprint density at radius 2 is 1.77 bits per heavy atom. The van der Waals surface area contributed by atoms with Crippen molar-refractivity contribution in [2.45, 2.75) is 53.0 Å². The monoisotopic (exact) mass is 446 g/mol. The number of sulfonamides is 1. The molecule has 0 aliphatic rings. The highest BCUT2D eigenvalue weighted by Crippen LogP contribution is 2.32. The maximum atomic E-state index is 12.9. The quantitative estimate of drug-likeness (QED) is 0.622. The molecule has 2 aromatic carbocycles. The highest BCUT2D eigenvalue weighted by molar-refractivity contribution is 7.92. The van der Waals surface area contributed by atoms with Crippen LogP contribution in [0.4, 0.5) is 5.69 Å². The number of methoxy groups -OCH3 is 1. The third-order valence-corrected chi connectivity index (χ3v) is 6.54. The van der Waals surface area contributed by atoms with E-state index in [4.69, 9.17) is 4.74 Å². The Balaban J connectivity index is 2.28. The Morgan fingerprint density at radius 3 is 2.32 bits per heavy atom. The van der Waals surface area contributed by atoms with E-state index in [0.717, 1.165) is 34.3 Å². The summed E-state index contributed by atoms with van der Waals surface area (Å²) in [6.45, 7) is 9.75. The van der Waals surface area contributed by atoms with E-state index in [1.165, 1.54) is 4.31 Å². The number of benzene rings is 2. The van der Waals surface area contributed by atoms with E-state index in [1.54, 1.807) is 19.2 Å². The lowest BCUT2D eigenvalue weighted by atomic mass is 9.93. The third-order valence-electron chi connectivity index (χ3n) is 5.41. The Labute approximate surface area is 186 Å². The van der Waals surface area contributed by atoms with Crippen molar-refractivity contribution >= 4 is 21.6 Å². The van der Waals surface area contributed by atoms with Gasteiger partial charge in [-0.1, -0.05) is 39.0 Å². The largest absolute Gasteiger partial charge is 0.496 e. The van der Waals surface area contributed by atoms with Crippen molar-refractivity contribution in [1.29, 1.82) is 0 Å². The Bertz CT molecular complexity index is 1030. The van der Waals surface area contributed by atoms with Crippen molar-refractivity contribution in [3.05, 3.63) is 58.7 Å². The second-order valence-corrected chi connectivity index (χ2v) is 10.1. The van der Waals surface area contributed by atoms with Gasteiger partial charge in [-0.2, -0.15) is 0 Å². The van der Waals surface area contributed by atoms with Crippen LogP contribution in [0.3, 0.4) is 0 Å². The SMILES string of the molecule is CCc1ccccc1N(CC(=O)NC(C)c1cc(C(C)C)c(OC)cc1C)S(C)(=O)=O. The molecule has 2 aromatic rings. The molecule has 2 rings (SSSR count). The van der Waals surface area contributed by atoms with Gasteiger partial charge in [-0.25, -0.2) is 8.42 Å². The molecule has 0 bridgehead atoms. The molecule has 1 unspecified atom stereocenters. The molecular formula is C24H34N2O4S. The minimum Gasteiger partial charge on any atom is -0.496 e. The molecule has 0 aliphatic carbocycles. The van der Waals surface area contributed by atoms with E-state index in [0.29, 0.717) is 12.1 Å². The van der Waals surface area contributed by atoms with E-state index in [2.05, 4.69) is 25.2 Å². The number of nitrogens with one attached hydrogen (secondary N) is 1. The van der Waals surface area contributed by atoms with Crippen LogP contribution in [0.15, 0.2) is 36.4 Å². The number of hydrogen-bond acceptors (Lipinski definition) is 4. The Morgan fingerprint density at radius 1 is 1.13 bits per heavy atom. The second-order valence-electron chi connectivity index (χ2n) is 8.15. The lowest BCUT2D eigenvalue weighted by molar-refractivity contribution is -0.120. The standard InChI is InChI=1S/C24H34N2O4S/c1-8-19-11-9-10-12-22(19)26(31(7,28)29)15-24(27)25-18(5)21-14-20(16(2)3)23(30-6)13-17(21)4/h9-14,16,18H,8,15H2,1-7H3,(H,25,27). The van der Waals surface area contributed by atoms with E-state index in [-0.39, 0.29) is 24.4 Å². The summed E-state index contributed by atoms with van der Waals surface area (Å²) in [6, 6.07) is 11.0. The van der Waals surface area contributed by atoms with Crippen molar-refractivity contribution < 1.29 is 17.9 Å². The molecule has 170 valence electrons. The molecule has 6 nitrogen and oxygen atoms in total. The van der Waals surface area contributed by atoms with Gasteiger partial charge in [0.1, 0.15) is 12.3 Å². The first-order valence-electron chi connectivity index (χ1n) is 10.5. The average molecular weight is 447 g/mol. The molecule has 31 heavy (non-hydrogen) atoms. The summed E-state index contributed by atoms with van der Waals surface area (Å²) in [7, 11) is -1.97. The normalized spacial score (nSPS) is 12.5. The van der Waals surface area contributed by atoms with E-state index in [1.807, 2.05) is 39.0 Å². The lowest BCUT2D eigenvalue weighted by Gasteiger charge is -2.26. The molecule has 0 aliphatic heterocycles. The van der Waals surface area contributed by atoms with Gasteiger partial charge in [0.25, 0.3) is 0 Å². The van der Waals surface area contributed by atoms with Crippen LogP contribution >= 0.6 is 0 Å². The van der Waals surface area contributed by atoms with Gasteiger partial charge in [-0.05, 0) is 66.6 Å². The molecule has 1 N–H and O–H groups in total. The number of amides is 1. The fraction of sp³-hybridized carbons (Fsp3) is 0.458. The number of rotatable bonds is 9. The molecule has 1 atom stereocenters. The second kappa shape index (κ2) is 10.2. The zero-order valence-electron chi connectivity index (χ0n) is 19.5. The van der Waals surface area contributed by atoms with E-state index < -0.39 is 10.0 Å². The van der Waals surface area contributed by atoms with Crippen LogP contribution in [0.2, 0.25) is 0 Å². The van der Waals surface area contributed by atoms with Gasteiger partial charge < -0.3 is 10.1 Å². The summed E-state index contributed by atoms with van der Waals surface area (Å²) < 4.78 is 31.6. The summed E-state index contributed by atoms with van der Waals surface area (Å²) in [6.07, 6.45) is 1.79. The predicted octanol–water partition coefficient (Wildman–Crippen LogP) is 4.33. The molecule has 0 fully saturated rings. The number of anilines is 1. The number of carbonyl (C=O) groups excluding carboxylic acids is 1. The summed E-state index contributed by atoms with van der Waals surface area (Å²) in [5.74, 6) is 0.739. The van der Waals surface area contributed by atoms with Gasteiger partial charge in [-0.3, -0.25) is 9.10 Å². The number of ether oxygens (including phenoxy) is 1. The summed E-state index contributed by atoms with van der Waals surface area (Å²) in [5, 5.41) is 2.96. The minimum absolute atomic E-state index is 0.267. The average Bonchev–Trinajstić information content (AvgIpc) is 2.70. The molecule has 0 saturated carbocycles. The van der Waals surface area contributed by atoms with Gasteiger partial charge in [-0.15, -0.1) is 0 Å². The fourth-order valence-corrected chi connectivity index (χ4v) is 4.63. The summed E-state index contributed by atoms with van der Waals surface area (Å²) in [4.78, 5) is 12.9. The first-order chi connectivity index (χ1) is 14.5. The zero-order valence-corrected chi connectivity index (χ0v) is 20.3. The lowest BCUT2D eigenvalue weighted by Crippen LogP contribution is -2.41. The van der Waals surface area contributed by atoms with Crippen LogP contribution in [0.25, 0.3) is 0 Å². The number of carbonyl (C=O) groups is 1. The van der Waals surface area contributed by atoms with Gasteiger partial charge in [0.05, 0.1) is 25.1 Å². The van der Waals surface area contributed by atoms with Gasteiger partial charge in [0.2, 0.25) is 15.9 Å². The molecule has 0 heterocycles. The topological polar surface area (TPSA) is 75.7 Å². The maximum Gasteiger partial charge on any atom is 0.241 e. The smallest absolute Gasteiger partial charge is 0.241 e. The molecule has 7 heteroatoms. The van der Waals surface area contributed by atoms with Gasteiger partial charge in [0, 0.05) is 0 Å². The maximum absolute atomic E-state index is 12.9. The van der Waals surface area contributed by atoms with Gasteiger partial charge >= 0.3 is 0 Å². The number of hydrogen-bond donors (Lipinski definition) is 1. The first-order valence-corrected chi connectivity index (χ1v) is 12.4. The fourth-order valence-electron chi connectivity index (χ4n) is 3.74. The van der Waals surface area contributed by atoms with Crippen LogP contribution in [0, 0.1) is 6.92 Å². The Kier molecular flexibility index (Phi) is 8.12. The number of nitrogens with zero attached hydrogens (tertiary/aromatic N) is 1. The third kappa shape index (κ3) is 6.00. The van der Waals surface area contributed by atoms with E-state index in [9.17, 15) is 13.2 Å². The molecular weight excluding hydrogens is 412 g/mol. The number of aryl methyl sites for hydroxylation is 2. The van der Waals surface area contributed by atoms with Crippen molar-refractivity contribution in [2.75, 3.05) is 24.2 Å². The molecule has 0 saturated heterocycles. The van der Waals surface area contributed by atoms with Crippen molar-refractivity contribution in [3.8, 4) is 5.75 Å². The summed E-state index contributed by atoms with van der Waals surface area (Å²) >= 11 is 0. The van der Waals surface area contributed by atoms with Crippen LogP contribution < -0.4 is 14.4 Å². The van der Waals surface area contributed by atoms with Crippen molar-refractivity contribution in [1.82, 2.24) is 5.32 Å². The summed E-state index contributed by atoms with van der Waals surface area (Å²) in [5.41, 5.74) is 4.47. The van der Waals surface area contributed by atoms with Crippen LogP contribution in [0.5, 0.6) is 5.75 Å². The first kappa shape index (κ1) is 24.7. The highest BCUT2D eigenvalue weighted by atomic mass is 32.2. The van der Waals surface area contributed by atoms with Crippen LogP contribution in [-0.2, 0) is 21.2 Å². The van der Waals surface area contributed by atoms with E-state index >= 15 is 0 Å². The van der Waals surface area contributed by atoms with Crippen molar-refractivity contribution in [2.24, 2.45) is 0 Å². The molecule has 0 aromatic heterocycles. The Hall–Kier alpha value is -2.54.